The molecule has 0 atom stereocenters. The average Bonchev–Trinajstić information content (AvgIpc) is 3.49. The molecule has 0 spiro atoms. The molecular formula is C24H23N5O2S. The average molecular weight is 446 g/mol. The fourth-order valence-electron chi connectivity index (χ4n) is 3.28. The van der Waals surface area contributed by atoms with E-state index in [4.69, 9.17) is 0 Å². The van der Waals surface area contributed by atoms with E-state index in [0.717, 1.165) is 21.8 Å². The van der Waals surface area contributed by atoms with Crippen LogP contribution in [0.5, 0.6) is 0 Å². The van der Waals surface area contributed by atoms with Crippen LogP contribution in [0, 0.1) is 0 Å². The molecule has 4 rings (SSSR count). The smallest absolute Gasteiger partial charge is 0.275 e. The molecule has 2 heterocycles. The van der Waals surface area contributed by atoms with Crippen LogP contribution >= 0.6 is 11.3 Å². The number of hydrogen-bond acceptors (Lipinski definition) is 5. The Hall–Kier alpha value is -3.78. The van der Waals surface area contributed by atoms with Crippen molar-refractivity contribution in [1.82, 2.24) is 19.7 Å². The number of amides is 2. The summed E-state index contributed by atoms with van der Waals surface area (Å²) >= 11 is 1.39. The van der Waals surface area contributed by atoms with Gasteiger partial charge in [0.1, 0.15) is 10.7 Å². The first-order valence-electron chi connectivity index (χ1n) is 10.3. The molecule has 8 heteroatoms. The van der Waals surface area contributed by atoms with Gasteiger partial charge in [0.15, 0.2) is 0 Å². The van der Waals surface area contributed by atoms with Crippen molar-refractivity contribution >= 4 is 28.8 Å². The highest BCUT2D eigenvalue weighted by molar-refractivity contribution is 7.13. The number of thiazole rings is 1. The maximum absolute atomic E-state index is 12.9. The van der Waals surface area contributed by atoms with Crippen molar-refractivity contribution in [3.63, 3.8) is 0 Å². The molecule has 0 aliphatic carbocycles. The van der Waals surface area contributed by atoms with Crippen molar-refractivity contribution in [2.45, 2.75) is 20.4 Å². The lowest BCUT2D eigenvalue weighted by molar-refractivity contribution is -0.129. The predicted molar refractivity (Wildman–Crippen MR) is 126 cm³/mol. The summed E-state index contributed by atoms with van der Waals surface area (Å²) in [4.78, 5) is 30.9. The van der Waals surface area contributed by atoms with E-state index in [1.807, 2.05) is 67.7 Å². The van der Waals surface area contributed by atoms with E-state index < -0.39 is 0 Å². The van der Waals surface area contributed by atoms with Gasteiger partial charge in [-0.3, -0.25) is 9.59 Å². The lowest BCUT2D eigenvalue weighted by Gasteiger charge is -2.20. The Kier molecular flexibility index (Phi) is 6.42. The number of hydrogen-bond donors (Lipinski definition) is 1. The Morgan fingerprint density at radius 2 is 1.84 bits per heavy atom. The van der Waals surface area contributed by atoms with Crippen LogP contribution in [0.4, 0.5) is 5.69 Å². The molecule has 32 heavy (non-hydrogen) atoms. The van der Waals surface area contributed by atoms with Crippen LogP contribution in [0.15, 0.2) is 72.4 Å². The summed E-state index contributed by atoms with van der Waals surface area (Å²) in [5, 5.41) is 9.79. The Morgan fingerprint density at radius 3 is 2.59 bits per heavy atom. The molecule has 0 aliphatic heterocycles. The van der Waals surface area contributed by atoms with Crippen LogP contribution in [0.1, 0.15) is 29.9 Å². The summed E-state index contributed by atoms with van der Waals surface area (Å²) in [7, 11) is 0. The van der Waals surface area contributed by atoms with Gasteiger partial charge in [0.05, 0.1) is 11.9 Å². The van der Waals surface area contributed by atoms with E-state index in [9.17, 15) is 9.59 Å². The van der Waals surface area contributed by atoms with Crippen LogP contribution in [-0.4, -0.2) is 38.0 Å². The lowest BCUT2D eigenvalue weighted by Crippen LogP contribution is -2.28. The molecule has 0 fully saturated rings. The summed E-state index contributed by atoms with van der Waals surface area (Å²) in [6.45, 7) is 4.51. The van der Waals surface area contributed by atoms with Gasteiger partial charge in [-0.2, -0.15) is 5.10 Å². The minimum Gasteiger partial charge on any atom is -0.339 e. The number of carbonyl (C=O) groups excluding carboxylic acids is 2. The Labute approximate surface area is 190 Å². The van der Waals surface area contributed by atoms with Crippen molar-refractivity contribution in [1.29, 1.82) is 0 Å². The third kappa shape index (κ3) is 4.76. The van der Waals surface area contributed by atoms with Gasteiger partial charge in [-0.1, -0.05) is 36.4 Å². The number of para-hydroxylation sites is 2. The van der Waals surface area contributed by atoms with Gasteiger partial charge in [0, 0.05) is 42.8 Å². The third-order valence-electron chi connectivity index (χ3n) is 5.04. The number of anilines is 1. The highest BCUT2D eigenvalue weighted by Crippen LogP contribution is 2.25. The molecule has 2 aromatic carbocycles. The molecule has 2 aromatic heterocycles. The molecule has 0 saturated heterocycles. The zero-order valence-corrected chi connectivity index (χ0v) is 18.7. The molecule has 0 unspecified atom stereocenters. The minimum absolute atomic E-state index is 0.00572. The zero-order chi connectivity index (χ0) is 22.5. The zero-order valence-electron chi connectivity index (χ0n) is 17.9. The van der Waals surface area contributed by atoms with Crippen molar-refractivity contribution in [3.05, 3.63) is 83.6 Å². The van der Waals surface area contributed by atoms with Gasteiger partial charge in [0.25, 0.3) is 5.91 Å². The number of benzene rings is 2. The Balaban J connectivity index is 1.50. The van der Waals surface area contributed by atoms with Gasteiger partial charge in [-0.05, 0) is 30.7 Å². The van der Waals surface area contributed by atoms with Crippen LogP contribution in [-0.2, 0) is 11.3 Å². The maximum atomic E-state index is 12.9. The fourth-order valence-corrected chi connectivity index (χ4v) is 4.06. The quantitative estimate of drug-likeness (QED) is 0.450. The molecule has 0 aliphatic rings. The van der Waals surface area contributed by atoms with E-state index in [-0.39, 0.29) is 11.8 Å². The first-order valence-corrected chi connectivity index (χ1v) is 11.1. The Morgan fingerprint density at radius 1 is 1.09 bits per heavy atom. The van der Waals surface area contributed by atoms with E-state index in [1.165, 1.54) is 11.3 Å². The van der Waals surface area contributed by atoms with Crippen molar-refractivity contribution in [3.8, 4) is 16.3 Å². The van der Waals surface area contributed by atoms with Gasteiger partial charge in [-0.15, -0.1) is 11.3 Å². The monoisotopic (exact) mass is 445 g/mol. The second-order valence-corrected chi connectivity index (χ2v) is 8.05. The first kappa shape index (κ1) is 21.5. The molecule has 2 amide bonds. The molecule has 4 aromatic rings. The summed E-state index contributed by atoms with van der Waals surface area (Å²) in [5.74, 6) is -0.296. The van der Waals surface area contributed by atoms with Gasteiger partial charge in [0.2, 0.25) is 5.91 Å². The molecule has 0 saturated carbocycles. The molecule has 0 radical (unpaired) electrons. The molecule has 0 bridgehead atoms. The van der Waals surface area contributed by atoms with Crippen LogP contribution < -0.4 is 5.32 Å². The molecule has 1 N–H and O–H groups in total. The summed E-state index contributed by atoms with van der Waals surface area (Å²) in [6.07, 6.45) is 3.64. The number of rotatable bonds is 7. The van der Waals surface area contributed by atoms with E-state index in [0.29, 0.717) is 24.5 Å². The van der Waals surface area contributed by atoms with Crippen LogP contribution in [0.2, 0.25) is 0 Å². The van der Waals surface area contributed by atoms with Gasteiger partial charge < -0.3 is 10.2 Å². The third-order valence-corrected chi connectivity index (χ3v) is 5.93. The lowest BCUT2D eigenvalue weighted by atomic mass is 10.1. The number of nitrogens with one attached hydrogen (secondary N) is 1. The summed E-state index contributed by atoms with van der Waals surface area (Å²) in [6, 6.07) is 17.3. The fraction of sp³-hybridized carbons (Fsp3) is 0.167. The second kappa shape index (κ2) is 9.57. The van der Waals surface area contributed by atoms with Gasteiger partial charge >= 0.3 is 0 Å². The highest BCUT2D eigenvalue weighted by Gasteiger charge is 2.16. The van der Waals surface area contributed by atoms with Crippen molar-refractivity contribution < 1.29 is 9.59 Å². The number of nitrogens with zero attached hydrogens (tertiary/aromatic N) is 4. The Bertz CT molecular complexity index is 1230. The maximum Gasteiger partial charge on any atom is 0.275 e. The topological polar surface area (TPSA) is 80.1 Å². The minimum atomic E-state index is -0.290. The van der Waals surface area contributed by atoms with Crippen LogP contribution in [0.3, 0.4) is 0 Å². The standard InChI is InChI=1S/C24H23N5O2S/c1-3-28(17(2)30)14-18-9-7-8-12-21(18)26-23(31)22-16-32-24(27-22)19-13-25-29(15-19)20-10-5-4-6-11-20/h4-13,15-16H,3,14H2,1-2H3,(H,26,31). The normalized spacial score (nSPS) is 10.7. The van der Waals surface area contributed by atoms with E-state index >= 15 is 0 Å². The van der Waals surface area contributed by atoms with Crippen molar-refractivity contribution in [2.75, 3.05) is 11.9 Å². The first-order chi connectivity index (χ1) is 15.5. The molecular weight excluding hydrogens is 422 g/mol. The molecule has 7 nitrogen and oxygen atoms in total. The number of aromatic nitrogens is 3. The summed E-state index contributed by atoms with van der Waals surface area (Å²) < 4.78 is 1.78. The van der Waals surface area contributed by atoms with Crippen molar-refractivity contribution in [2.24, 2.45) is 0 Å². The van der Waals surface area contributed by atoms with Crippen LogP contribution in [0.25, 0.3) is 16.3 Å². The largest absolute Gasteiger partial charge is 0.339 e. The van der Waals surface area contributed by atoms with E-state index in [2.05, 4.69) is 15.4 Å². The second-order valence-electron chi connectivity index (χ2n) is 7.19. The summed E-state index contributed by atoms with van der Waals surface area (Å²) in [5.41, 5.74) is 3.68. The van der Waals surface area contributed by atoms with E-state index in [1.54, 1.807) is 28.1 Å². The number of carbonyl (C=O) groups is 2. The predicted octanol–water partition coefficient (Wildman–Crippen LogP) is 4.62. The highest BCUT2D eigenvalue weighted by atomic mass is 32.1. The SMILES string of the molecule is CCN(Cc1ccccc1NC(=O)c1csc(-c2cnn(-c3ccccc3)c2)n1)C(C)=O. The molecule has 162 valence electrons. The van der Waals surface area contributed by atoms with Gasteiger partial charge in [-0.25, -0.2) is 9.67 Å².